The Bertz CT molecular complexity index is 723. The van der Waals surface area contributed by atoms with Gasteiger partial charge in [0.1, 0.15) is 0 Å². The van der Waals surface area contributed by atoms with Gasteiger partial charge in [-0.15, -0.1) is 0 Å². The van der Waals surface area contributed by atoms with Gasteiger partial charge in [0.2, 0.25) is 10.0 Å². The van der Waals surface area contributed by atoms with E-state index in [-0.39, 0.29) is 18.0 Å². The second-order valence-electron chi connectivity index (χ2n) is 4.83. The van der Waals surface area contributed by atoms with Crippen LogP contribution in [-0.4, -0.2) is 37.5 Å². The molecule has 2 aromatic carbocycles. The van der Waals surface area contributed by atoms with Crippen LogP contribution in [0.2, 0.25) is 0 Å². The second-order valence-corrected chi connectivity index (χ2v) is 6.73. The normalized spacial score (nSPS) is 12.1. The van der Waals surface area contributed by atoms with Crippen molar-refractivity contribution in [1.29, 1.82) is 0 Å². The predicted octanol–water partition coefficient (Wildman–Crippen LogP) is 1.81. The van der Waals surface area contributed by atoms with E-state index >= 15 is 0 Å². The number of nitrogen functional groups attached to an aromatic ring is 1. The lowest BCUT2D eigenvalue weighted by molar-refractivity contribution is 0.253. The molecule has 0 aliphatic carbocycles. The van der Waals surface area contributed by atoms with Crippen molar-refractivity contribution in [3.8, 4) is 0 Å². The number of hydrogen-bond donors (Lipinski definition) is 2. The molecule has 0 heterocycles. The van der Waals surface area contributed by atoms with Crippen LogP contribution in [-0.2, 0) is 10.0 Å². The van der Waals surface area contributed by atoms with Crippen LogP contribution in [0.15, 0.2) is 41.3 Å². The van der Waals surface area contributed by atoms with Crippen LogP contribution in [0.4, 0.5) is 5.69 Å². The molecule has 0 bridgehead atoms. The molecular formula is C15H20N2O3S. The molecule has 2 aromatic rings. The average Bonchev–Trinajstić information content (AvgIpc) is 2.47. The van der Waals surface area contributed by atoms with Crippen molar-refractivity contribution in [2.45, 2.75) is 18.2 Å². The highest BCUT2D eigenvalue weighted by atomic mass is 32.2. The predicted molar refractivity (Wildman–Crippen MR) is 84.5 cm³/mol. The molecule has 6 heteroatoms. The number of nitrogens with zero attached hydrogens (tertiary/aromatic N) is 1. The Labute approximate surface area is 125 Å². The summed E-state index contributed by atoms with van der Waals surface area (Å²) in [5.41, 5.74) is 6.46. The van der Waals surface area contributed by atoms with Crippen LogP contribution >= 0.6 is 0 Å². The van der Waals surface area contributed by atoms with E-state index in [1.54, 1.807) is 24.3 Å². The number of nitrogens with two attached hydrogens (primary N) is 1. The molecule has 0 amide bonds. The fourth-order valence-electron chi connectivity index (χ4n) is 2.37. The maximum absolute atomic E-state index is 12.8. The molecule has 3 N–H and O–H groups in total. The van der Waals surface area contributed by atoms with E-state index in [1.807, 2.05) is 13.0 Å². The smallest absolute Gasteiger partial charge is 0.243 e. The molecule has 0 atom stereocenters. The Kier molecular flexibility index (Phi) is 4.82. The minimum atomic E-state index is -3.65. The van der Waals surface area contributed by atoms with Gasteiger partial charge in [0.15, 0.2) is 0 Å². The molecule has 2 rings (SSSR count). The van der Waals surface area contributed by atoms with E-state index in [1.165, 1.54) is 10.4 Å². The molecule has 0 fully saturated rings. The molecule has 5 nitrogen and oxygen atoms in total. The Morgan fingerprint density at radius 2 is 1.76 bits per heavy atom. The maximum atomic E-state index is 12.8. The third-order valence-corrected chi connectivity index (χ3v) is 5.31. The molecule has 0 radical (unpaired) electrons. The van der Waals surface area contributed by atoms with Gasteiger partial charge < -0.3 is 10.8 Å². The van der Waals surface area contributed by atoms with E-state index in [9.17, 15) is 8.42 Å². The minimum Gasteiger partial charge on any atom is -0.398 e. The van der Waals surface area contributed by atoms with E-state index in [0.29, 0.717) is 24.0 Å². The second kappa shape index (κ2) is 6.43. The third-order valence-electron chi connectivity index (χ3n) is 3.36. The number of anilines is 1. The monoisotopic (exact) mass is 308 g/mol. The van der Waals surface area contributed by atoms with Crippen molar-refractivity contribution < 1.29 is 13.5 Å². The van der Waals surface area contributed by atoms with Gasteiger partial charge in [-0.1, -0.05) is 31.2 Å². The number of fused-ring (bicyclic) bond motifs is 1. The zero-order chi connectivity index (χ0) is 15.5. The average molecular weight is 308 g/mol. The number of hydrogen-bond acceptors (Lipinski definition) is 4. The Morgan fingerprint density at radius 1 is 1.10 bits per heavy atom. The van der Waals surface area contributed by atoms with Gasteiger partial charge in [0.05, 0.1) is 11.5 Å². The lowest BCUT2D eigenvalue weighted by atomic mass is 10.1. The van der Waals surface area contributed by atoms with Crippen molar-refractivity contribution >= 4 is 26.5 Å². The third kappa shape index (κ3) is 3.02. The molecule has 0 aromatic heterocycles. The number of rotatable bonds is 6. The number of sulfonamides is 1. The van der Waals surface area contributed by atoms with E-state index in [2.05, 4.69) is 0 Å². The lowest BCUT2D eigenvalue weighted by Crippen LogP contribution is -2.34. The van der Waals surface area contributed by atoms with Crippen LogP contribution in [0.1, 0.15) is 13.3 Å². The van der Waals surface area contributed by atoms with Crippen molar-refractivity contribution in [3.05, 3.63) is 36.4 Å². The Hall–Kier alpha value is -1.63. The first kappa shape index (κ1) is 15.8. The molecule has 114 valence electrons. The minimum absolute atomic E-state index is 0.0921. The summed E-state index contributed by atoms with van der Waals surface area (Å²) >= 11 is 0. The summed E-state index contributed by atoms with van der Waals surface area (Å²) < 4.78 is 26.9. The van der Waals surface area contributed by atoms with E-state index in [4.69, 9.17) is 10.8 Å². The summed E-state index contributed by atoms with van der Waals surface area (Å²) in [6.07, 6.45) is 0.687. The van der Waals surface area contributed by atoms with Crippen molar-refractivity contribution in [2.24, 2.45) is 0 Å². The summed E-state index contributed by atoms with van der Waals surface area (Å²) in [5.74, 6) is 0. The summed E-state index contributed by atoms with van der Waals surface area (Å²) in [5, 5.41) is 10.4. The quantitative estimate of drug-likeness (QED) is 0.797. The first-order chi connectivity index (χ1) is 10.0. The fourth-order valence-corrected chi connectivity index (χ4v) is 4.09. The summed E-state index contributed by atoms with van der Waals surface area (Å²) in [6, 6.07) is 10.3. The molecule has 0 saturated heterocycles. The van der Waals surface area contributed by atoms with Crippen LogP contribution in [0.25, 0.3) is 10.8 Å². The first-order valence-electron chi connectivity index (χ1n) is 6.90. The SMILES string of the molecule is CCCN(CCO)S(=O)(=O)c1ccc(N)c2ccccc12. The van der Waals surface area contributed by atoms with Gasteiger partial charge in [-0.3, -0.25) is 0 Å². The van der Waals surface area contributed by atoms with E-state index < -0.39 is 10.0 Å². The zero-order valence-electron chi connectivity index (χ0n) is 12.0. The molecule has 0 saturated carbocycles. The van der Waals surface area contributed by atoms with Gasteiger partial charge in [-0.25, -0.2) is 8.42 Å². The van der Waals surface area contributed by atoms with Gasteiger partial charge >= 0.3 is 0 Å². The van der Waals surface area contributed by atoms with E-state index in [0.717, 1.165) is 5.39 Å². The highest BCUT2D eigenvalue weighted by molar-refractivity contribution is 7.89. The van der Waals surface area contributed by atoms with Crippen molar-refractivity contribution in [1.82, 2.24) is 4.31 Å². The lowest BCUT2D eigenvalue weighted by Gasteiger charge is -2.21. The van der Waals surface area contributed by atoms with Gasteiger partial charge in [-0.2, -0.15) is 4.31 Å². The first-order valence-corrected chi connectivity index (χ1v) is 8.34. The molecule has 0 unspecified atom stereocenters. The van der Waals surface area contributed by atoms with Crippen LogP contribution in [0.5, 0.6) is 0 Å². The molecule has 21 heavy (non-hydrogen) atoms. The Morgan fingerprint density at radius 3 is 2.38 bits per heavy atom. The van der Waals surface area contributed by atoms with Crippen molar-refractivity contribution in [3.63, 3.8) is 0 Å². The van der Waals surface area contributed by atoms with Crippen LogP contribution in [0, 0.1) is 0 Å². The maximum Gasteiger partial charge on any atom is 0.243 e. The van der Waals surface area contributed by atoms with Gasteiger partial charge in [0.25, 0.3) is 0 Å². The van der Waals surface area contributed by atoms with Gasteiger partial charge in [0, 0.05) is 29.5 Å². The van der Waals surface area contributed by atoms with Gasteiger partial charge in [-0.05, 0) is 18.6 Å². The molecule has 0 spiro atoms. The fraction of sp³-hybridized carbons (Fsp3) is 0.333. The number of benzene rings is 2. The summed E-state index contributed by atoms with van der Waals surface area (Å²) in [7, 11) is -3.65. The number of aliphatic hydroxyl groups is 1. The zero-order valence-corrected chi connectivity index (χ0v) is 12.8. The number of aliphatic hydroxyl groups excluding tert-OH is 1. The standard InChI is InChI=1S/C15H20N2O3S/c1-2-9-17(10-11-18)21(19,20)15-8-7-14(16)12-5-3-4-6-13(12)15/h3-8,18H,2,9-11,16H2,1H3. The highest BCUT2D eigenvalue weighted by Crippen LogP contribution is 2.29. The Balaban J connectivity index is 2.62. The largest absolute Gasteiger partial charge is 0.398 e. The summed E-state index contributed by atoms with van der Waals surface area (Å²) in [6.45, 7) is 2.17. The molecule has 0 aliphatic rings. The summed E-state index contributed by atoms with van der Waals surface area (Å²) in [4.78, 5) is 0.231. The van der Waals surface area contributed by atoms with Crippen LogP contribution in [0.3, 0.4) is 0 Å². The van der Waals surface area contributed by atoms with Crippen LogP contribution < -0.4 is 5.73 Å². The highest BCUT2D eigenvalue weighted by Gasteiger charge is 2.25. The van der Waals surface area contributed by atoms with Crippen molar-refractivity contribution in [2.75, 3.05) is 25.4 Å². The molecule has 0 aliphatic heterocycles. The topological polar surface area (TPSA) is 83.6 Å². The molecular weight excluding hydrogens is 288 g/mol.